The van der Waals surface area contributed by atoms with E-state index in [-0.39, 0.29) is 0 Å². The predicted octanol–water partition coefficient (Wildman–Crippen LogP) is 2.50. The van der Waals surface area contributed by atoms with Crippen molar-refractivity contribution in [1.29, 1.82) is 0 Å². The normalized spacial score (nSPS) is 10.1. The smallest absolute Gasteiger partial charge is 0.249 e. The second-order valence-electron chi connectivity index (χ2n) is 3.27. The second kappa shape index (κ2) is 4.33. The van der Waals surface area contributed by atoms with Crippen LogP contribution in [0.5, 0.6) is 0 Å². The summed E-state index contributed by atoms with van der Waals surface area (Å²) in [5, 5.41) is 0.556. The average Bonchev–Trinajstić information content (AvgIpc) is 2.30. The number of benzene rings is 1. The van der Waals surface area contributed by atoms with Gasteiger partial charge in [-0.25, -0.2) is 0 Å². The van der Waals surface area contributed by atoms with Gasteiger partial charge in [0.25, 0.3) is 0 Å². The molecule has 16 heavy (non-hydrogen) atoms. The van der Waals surface area contributed by atoms with Crippen LogP contribution in [-0.4, -0.2) is 10.9 Å². The Hall–Kier alpha value is -1.87. The number of pyridine rings is 1. The molecular formula is C12H9ClN2O. The Balaban J connectivity index is 2.55. The highest BCUT2D eigenvalue weighted by molar-refractivity contribution is 6.30. The van der Waals surface area contributed by atoms with Gasteiger partial charge in [-0.1, -0.05) is 29.8 Å². The Bertz CT molecular complexity index is 523. The molecule has 4 heteroatoms. The largest absolute Gasteiger partial charge is 0.366 e. The lowest BCUT2D eigenvalue weighted by atomic mass is 10.0. The molecule has 1 aromatic heterocycles. The molecule has 1 aromatic carbocycles. The van der Waals surface area contributed by atoms with Crippen LogP contribution in [0.25, 0.3) is 11.3 Å². The van der Waals surface area contributed by atoms with E-state index in [1.54, 1.807) is 30.3 Å². The van der Waals surface area contributed by atoms with E-state index in [0.717, 1.165) is 0 Å². The minimum absolute atomic E-state index is 0.456. The summed E-state index contributed by atoms with van der Waals surface area (Å²) in [5.41, 5.74) is 7.14. The van der Waals surface area contributed by atoms with E-state index in [1.807, 2.05) is 6.07 Å². The summed E-state index contributed by atoms with van der Waals surface area (Å²) in [5.74, 6) is -0.465. The van der Waals surface area contributed by atoms with E-state index >= 15 is 0 Å². The number of halogens is 1. The molecular weight excluding hydrogens is 224 g/mol. The average molecular weight is 233 g/mol. The number of amides is 1. The predicted molar refractivity (Wildman–Crippen MR) is 63.2 cm³/mol. The first-order valence-electron chi connectivity index (χ1n) is 4.69. The summed E-state index contributed by atoms with van der Waals surface area (Å²) in [6.07, 6.45) is 1.54. The number of aromatic nitrogens is 1. The number of carbonyl (C=O) groups is 1. The zero-order chi connectivity index (χ0) is 11.5. The van der Waals surface area contributed by atoms with Gasteiger partial charge in [-0.2, -0.15) is 0 Å². The molecule has 2 N–H and O–H groups in total. The topological polar surface area (TPSA) is 56.0 Å². The Morgan fingerprint density at radius 3 is 2.56 bits per heavy atom. The molecule has 0 aliphatic rings. The van der Waals surface area contributed by atoms with Crippen molar-refractivity contribution in [2.24, 2.45) is 5.73 Å². The number of nitrogens with two attached hydrogens (primary N) is 1. The maximum Gasteiger partial charge on any atom is 0.249 e. The third-order valence-corrected chi connectivity index (χ3v) is 2.42. The number of carbonyl (C=O) groups excluding carboxylic acids is 1. The van der Waals surface area contributed by atoms with Crippen molar-refractivity contribution in [2.75, 3.05) is 0 Å². The van der Waals surface area contributed by atoms with Gasteiger partial charge in [-0.15, -0.1) is 0 Å². The van der Waals surface area contributed by atoms with Crippen molar-refractivity contribution < 1.29 is 4.79 Å². The standard InChI is InChI=1S/C12H9ClN2O/c13-8-5-6-11(15-7-8)9-3-1-2-4-10(9)12(14)16/h1-7H,(H2,14,16). The molecule has 0 saturated carbocycles. The van der Waals surface area contributed by atoms with Crippen LogP contribution in [0.2, 0.25) is 5.02 Å². The van der Waals surface area contributed by atoms with Gasteiger partial charge in [-0.3, -0.25) is 9.78 Å². The molecule has 0 aliphatic heterocycles. The highest BCUT2D eigenvalue weighted by Crippen LogP contribution is 2.22. The molecule has 2 aromatic rings. The van der Waals surface area contributed by atoms with Crippen molar-refractivity contribution in [3.05, 3.63) is 53.2 Å². The first kappa shape index (κ1) is 10.6. The van der Waals surface area contributed by atoms with Gasteiger partial charge < -0.3 is 5.73 Å². The van der Waals surface area contributed by atoms with E-state index in [0.29, 0.717) is 21.8 Å². The molecule has 0 bridgehead atoms. The van der Waals surface area contributed by atoms with Crippen molar-refractivity contribution in [3.8, 4) is 11.3 Å². The molecule has 3 nitrogen and oxygen atoms in total. The van der Waals surface area contributed by atoms with Gasteiger partial charge in [0.1, 0.15) is 0 Å². The van der Waals surface area contributed by atoms with Crippen LogP contribution in [0.3, 0.4) is 0 Å². The zero-order valence-electron chi connectivity index (χ0n) is 8.35. The van der Waals surface area contributed by atoms with Gasteiger partial charge in [-0.05, 0) is 18.2 Å². The Labute approximate surface area is 97.9 Å². The maximum atomic E-state index is 11.2. The summed E-state index contributed by atoms with van der Waals surface area (Å²) in [6, 6.07) is 10.5. The zero-order valence-corrected chi connectivity index (χ0v) is 9.11. The van der Waals surface area contributed by atoms with Crippen molar-refractivity contribution in [2.45, 2.75) is 0 Å². The van der Waals surface area contributed by atoms with Gasteiger partial charge in [0.05, 0.1) is 10.7 Å². The SMILES string of the molecule is NC(=O)c1ccccc1-c1ccc(Cl)cn1. The molecule has 0 fully saturated rings. The lowest BCUT2D eigenvalue weighted by molar-refractivity contribution is 0.100. The van der Waals surface area contributed by atoms with E-state index in [4.69, 9.17) is 17.3 Å². The number of nitrogens with zero attached hydrogens (tertiary/aromatic N) is 1. The van der Waals surface area contributed by atoms with Crippen LogP contribution in [-0.2, 0) is 0 Å². The third-order valence-electron chi connectivity index (χ3n) is 2.20. The quantitative estimate of drug-likeness (QED) is 0.865. The van der Waals surface area contributed by atoms with Crippen molar-refractivity contribution in [1.82, 2.24) is 4.98 Å². The van der Waals surface area contributed by atoms with Gasteiger partial charge in [0.2, 0.25) is 5.91 Å². The Morgan fingerprint density at radius 2 is 1.94 bits per heavy atom. The molecule has 0 saturated heterocycles. The minimum Gasteiger partial charge on any atom is -0.366 e. The maximum absolute atomic E-state index is 11.2. The van der Waals surface area contributed by atoms with Crippen LogP contribution in [0, 0.1) is 0 Å². The summed E-state index contributed by atoms with van der Waals surface area (Å²) in [7, 11) is 0. The first-order chi connectivity index (χ1) is 7.68. The van der Waals surface area contributed by atoms with Crippen molar-refractivity contribution >= 4 is 17.5 Å². The van der Waals surface area contributed by atoms with E-state index < -0.39 is 5.91 Å². The molecule has 80 valence electrons. The molecule has 0 spiro atoms. The fourth-order valence-electron chi connectivity index (χ4n) is 1.46. The highest BCUT2D eigenvalue weighted by Gasteiger charge is 2.09. The number of hydrogen-bond donors (Lipinski definition) is 1. The number of hydrogen-bond acceptors (Lipinski definition) is 2. The molecule has 1 amide bonds. The van der Waals surface area contributed by atoms with Gasteiger partial charge >= 0.3 is 0 Å². The Kier molecular flexibility index (Phi) is 2.88. The van der Waals surface area contributed by atoms with Crippen LogP contribution < -0.4 is 5.73 Å². The van der Waals surface area contributed by atoms with Crippen LogP contribution >= 0.6 is 11.6 Å². The molecule has 0 unspecified atom stereocenters. The molecule has 0 atom stereocenters. The fourth-order valence-corrected chi connectivity index (χ4v) is 1.57. The van der Waals surface area contributed by atoms with E-state index in [1.165, 1.54) is 6.20 Å². The molecule has 2 rings (SSSR count). The van der Waals surface area contributed by atoms with Crippen molar-refractivity contribution in [3.63, 3.8) is 0 Å². The molecule has 0 radical (unpaired) electrons. The number of rotatable bonds is 2. The van der Waals surface area contributed by atoms with Gasteiger partial charge in [0, 0.05) is 17.3 Å². The minimum atomic E-state index is -0.465. The number of primary amides is 1. The fraction of sp³-hybridized carbons (Fsp3) is 0. The summed E-state index contributed by atoms with van der Waals surface area (Å²) < 4.78 is 0. The van der Waals surface area contributed by atoms with Gasteiger partial charge in [0.15, 0.2) is 0 Å². The van der Waals surface area contributed by atoms with Crippen LogP contribution in [0.1, 0.15) is 10.4 Å². The lowest BCUT2D eigenvalue weighted by Gasteiger charge is -2.05. The molecule has 1 heterocycles. The Morgan fingerprint density at radius 1 is 1.19 bits per heavy atom. The second-order valence-corrected chi connectivity index (χ2v) is 3.71. The van der Waals surface area contributed by atoms with E-state index in [9.17, 15) is 4.79 Å². The summed E-state index contributed by atoms with van der Waals surface area (Å²) in [4.78, 5) is 15.4. The lowest BCUT2D eigenvalue weighted by Crippen LogP contribution is -2.12. The monoisotopic (exact) mass is 232 g/mol. The van der Waals surface area contributed by atoms with Crippen LogP contribution in [0.4, 0.5) is 0 Å². The third kappa shape index (κ3) is 2.04. The van der Waals surface area contributed by atoms with Crippen LogP contribution in [0.15, 0.2) is 42.6 Å². The summed E-state index contributed by atoms with van der Waals surface area (Å²) >= 11 is 5.75. The highest BCUT2D eigenvalue weighted by atomic mass is 35.5. The first-order valence-corrected chi connectivity index (χ1v) is 5.07. The summed E-state index contributed by atoms with van der Waals surface area (Å²) in [6.45, 7) is 0. The van der Waals surface area contributed by atoms with E-state index in [2.05, 4.69) is 4.98 Å². The molecule has 0 aliphatic carbocycles.